The number of carbonyl (C=O) groups excluding carboxylic acids is 2. The van der Waals surface area contributed by atoms with Crippen LogP contribution < -0.4 is 0 Å². The van der Waals surface area contributed by atoms with E-state index >= 15 is 0 Å². The van der Waals surface area contributed by atoms with Crippen LogP contribution in [0.2, 0.25) is 0 Å². The predicted molar refractivity (Wildman–Crippen MR) is 100 cm³/mol. The maximum atomic E-state index is 12.7. The van der Waals surface area contributed by atoms with Crippen LogP contribution in [0.3, 0.4) is 0 Å². The molecule has 0 aromatic heterocycles. The van der Waals surface area contributed by atoms with E-state index in [9.17, 15) is 18.0 Å². The summed E-state index contributed by atoms with van der Waals surface area (Å²) in [5, 5.41) is 0. The first-order valence-corrected chi connectivity index (χ1v) is 11.1. The molecular weight excluding hydrogens is 368 g/mol. The fourth-order valence-corrected chi connectivity index (χ4v) is 4.56. The van der Waals surface area contributed by atoms with E-state index in [1.165, 1.54) is 16.1 Å². The summed E-state index contributed by atoms with van der Waals surface area (Å²) in [6.45, 7) is 3.37. The average molecular weight is 394 g/mol. The van der Waals surface area contributed by atoms with Crippen molar-refractivity contribution in [1.29, 1.82) is 0 Å². The van der Waals surface area contributed by atoms with E-state index in [1.54, 1.807) is 11.8 Å². The molecule has 0 bridgehead atoms. The smallest absolute Gasteiger partial charge is 0.309 e. The van der Waals surface area contributed by atoms with Crippen LogP contribution in [0.5, 0.6) is 0 Å². The highest BCUT2D eigenvalue weighted by atomic mass is 32.2. The molecule has 2 aliphatic heterocycles. The number of benzene rings is 1. The number of rotatable bonds is 4. The molecule has 148 valence electrons. The number of nitrogens with zero attached hydrogens (tertiary/aromatic N) is 2. The second-order valence-electron chi connectivity index (χ2n) is 7.29. The Kier molecular flexibility index (Phi) is 5.86. The van der Waals surface area contributed by atoms with Gasteiger partial charge in [-0.15, -0.1) is 0 Å². The van der Waals surface area contributed by atoms with Crippen LogP contribution in [0.1, 0.15) is 30.9 Å². The minimum Gasteiger partial charge on any atom is -0.452 e. The van der Waals surface area contributed by atoms with E-state index in [0.29, 0.717) is 39.0 Å². The van der Waals surface area contributed by atoms with Crippen LogP contribution in [0, 0.1) is 5.92 Å². The van der Waals surface area contributed by atoms with Crippen molar-refractivity contribution in [2.45, 2.75) is 38.8 Å². The third-order valence-corrected chi connectivity index (χ3v) is 6.64. The topological polar surface area (TPSA) is 84.0 Å². The summed E-state index contributed by atoms with van der Waals surface area (Å²) < 4.78 is 29.9. The zero-order chi connectivity index (χ0) is 19.6. The maximum Gasteiger partial charge on any atom is 0.309 e. The van der Waals surface area contributed by atoms with Crippen molar-refractivity contribution in [3.8, 4) is 0 Å². The molecule has 2 aliphatic rings. The van der Waals surface area contributed by atoms with Gasteiger partial charge < -0.3 is 9.64 Å². The van der Waals surface area contributed by atoms with Crippen molar-refractivity contribution < 1.29 is 22.7 Å². The van der Waals surface area contributed by atoms with Gasteiger partial charge in [-0.05, 0) is 37.3 Å². The first-order valence-electron chi connectivity index (χ1n) is 9.27. The average Bonchev–Trinajstić information content (AvgIpc) is 2.66. The number of amides is 1. The molecule has 1 aromatic carbocycles. The Morgan fingerprint density at radius 2 is 1.74 bits per heavy atom. The largest absolute Gasteiger partial charge is 0.452 e. The van der Waals surface area contributed by atoms with Gasteiger partial charge in [0.1, 0.15) is 0 Å². The van der Waals surface area contributed by atoms with Crippen LogP contribution in [0.15, 0.2) is 24.3 Å². The lowest BCUT2D eigenvalue weighted by molar-refractivity contribution is -0.163. The zero-order valence-electron chi connectivity index (χ0n) is 15.8. The molecule has 1 saturated heterocycles. The van der Waals surface area contributed by atoms with Crippen molar-refractivity contribution in [1.82, 2.24) is 9.21 Å². The molecule has 0 spiro atoms. The Bertz CT molecular complexity index is 815. The zero-order valence-corrected chi connectivity index (χ0v) is 16.6. The fourth-order valence-electron chi connectivity index (χ4n) is 3.68. The normalized spacial score (nSPS) is 20.0. The highest BCUT2D eigenvalue weighted by Gasteiger charge is 2.33. The van der Waals surface area contributed by atoms with Crippen LogP contribution in [-0.2, 0) is 37.3 Å². The van der Waals surface area contributed by atoms with Crippen LogP contribution >= 0.6 is 0 Å². The third-order valence-electron chi connectivity index (χ3n) is 5.34. The van der Waals surface area contributed by atoms with Crippen molar-refractivity contribution in [2.24, 2.45) is 5.92 Å². The second-order valence-corrected chi connectivity index (χ2v) is 9.28. The molecule has 1 aromatic rings. The highest BCUT2D eigenvalue weighted by molar-refractivity contribution is 7.88. The van der Waals surface area contributed by atoms with Gasteiger partial charge in [-0.3, -0.25) is 9.59 Å². The van der Waals surface area contributed by atoms with Gasteiger partial charge in [0.05, 0.1) is 12.2 Å². The number of hydrogen-bond acceptors (Lipinski definition) is 5. The molecule has 1 fully saturated rings. The van der Waals surface area contributed by atoms with Gasteiger partial charge in [-0.2, -0.15) is 0 Å². The predicted octanol–water partition coefficient (Wildman–Crippen LogP) is 1.17. The van der Waals surface area contributed by atoms with E-state index in [0.717, 1.165) is 12.0 Å². The second kappa shape index (κ2) is 7.98. The first-order chi connectivity index (χ1) is 12.8. The summed E-state index contributed by atoms with van der Waals surface area (Å²) in [5.41, 5.74) is 2.38. The third kappa shape index (κ3) is 4.68. The standard InChI is InChI=1S/C19H26N2O5S/c1-14(18(22)20-10-7-15-5-3-4-6-17(15)13-20)26-19(23)16-8-11-21(12-9-16)27(2,24)25/h3-6,14,16H,7-13H2,1-2H3. The van der Waals surface area contributed by atoms with E-state index in [2.05, 4.69) is 6.07 Å². The molecule has 1 atom stereocenters. The molecular formula is C19H26N2O5S. The Balaban J connectivity index is 1.52. The van der Waals surface area contributed by atoms with Crippen LogP contribution in [0.4, 0.5) is 0 Å². The fraction of sp³-hybridized carbons (Fsp3) is 0.579. The lowest BCUT2D eigenvalue weighted by Crippen LogP contribution is -2.44. The van der Waals surface area contributed by atoms with Gasteiger partial charge in [0.25, 0.3) is 5.91 Å². The molecule has 0 saturated carbocycles. The van der Waals surface area contributed by atoms with Crippen LogP contribution in [0.25, 0.3) is 0 Å². The van der Waals surface area contributed by atoms with E-state index in [1.807, 2.05) is 18.2 Å². The summed E-state index contributed by atoms with van der Waals surface area (Å²) in [6.07, 6.45) is 1.97. The van der Waals surface area contributed by atoms with Crippen molar-refractivity contribution in [3.05, 3.63) is 35.4 Å². The minimum absolute atomic E-state index is 0.188. The number of esters is 1. The van der Waals surface area contributed by atoms with Crippen molar-refractivity contribution in [2.75, 3.05) is 25.9 Å². The summed E-state index contributed by atoms with van der Waals surface area (Å²) in [4.78, 5) is 26.8. The van der Waals surface area contributed by atoms with Gasteiger partial charge in [0, 0.05) is 26.2 Å². The summed E-state index contributed by atoms with van der Waals surface area (Å²) >= 11 is 0. The summed E-state index contributed by atoms with van der Waals surface area (Å²) in [5.74, 6) is -0.965. The molecule has 0 aliphatic carbocycles. The van der Waals surface area contributed by atoms with Gasteiger partial charge in [0.2, 0.25) is 10.0 Å². The Morgan fingerprint density at radius 1 is 1.11 bits per heavy atom. The van der Waals surface area contributed by atoms with Crippen molar-refractivity contribution >= 4 is 21.9 Å². The number of carbonyl (C=O) groups is 2. The molecule has 1 amide bonds. The van der Waals surface area contributed by atoms with Gasteiger partial charge in [-0.1, -0.05) is 24.3 Å². The highest BCUT2D eigenvalue weighted by Crippen LogP contribution is 2.22. The molecule has 0 radical (unpaired) electrons. The molecule has 8 heteroatoms. The van der Waals surface area contributed by atoms with E-state index < -0.39 is 22.1 Å². The quantitative estimate of drug-likeness (QED) is 0.716. The SMILES string of the molecule is CC(OC(=O)C1CCN(S(C)(=O)=O)CC1)C(=O)N1CCc2ccccc2C1. The molecule has 7 nitrogen and oxygen atoms in total. The molecule has 1 unspecified atom stereocenters. The van der Waals surface area contributed by atoms with Crippen molar-refractivity contribution in [3.63, 3.8) is 0 Å². The number of fused-ring (bicyclic) bond motifs is 1. The minimum atomic E-state index is -3.23. The summed E-state index contributed by atoms with van der Waals surface area (Å²) in [6, 6.07) is 8.04. The Hall–Kier alpha value is -1.93. The number of sulfonamides is 1. The van der Waals surface area contributed by atoms with Gasteiger partial charge >= 0.3 is 5.97 Å². The van der Waals surface area contributed by atoms with Gasteiger partial charge in [-0.25, -0.2) is 12.7 Å². The number of piperidine rings is 1. The lowest BCUT2D eigenvalue weighted by Gasteiger charge is -2.32. The Morgan fingerprint density at radius 3 is 2.37 bits per heavy atom. The lowest BCUT2D eigenvalue weighted by atomic mass is 9.98. The maximum absolute atomic E-state index is 12.7. The molecule has 27 heavy (non-hydrogen) atoms. The molecule has 3 rings (SSSR count). The number of hydrogen-bond donors (Lipinski definition) is 0. The summed E-state index contributed by atoms with van der Waals surface area (Å²) in [7, 11) is -3.23. The molecule has 2 heterocycles. The first kappa shape index (κ1) is 19.8. The Labute approximate surface area is 160 Å². The van der Waals surface area contributed by atoms with E-state index in [4.69, 9.17) is 4.74 Å². The number of ether oxygens (including phenoxy) is 1. The van der Waals surface area contributed by atoms with E-state index in [-0.39, 0.29) is 11.8 Å². The molecule has 0 N–H and O–H groups in total. The monoisotopic (exact) mass is 394 g/mol. The van der Waals surface area contributed by atoms with Crippen LogP contribution in [-0.4, -0.2) is 61.5 Å². The van der Waals surface area contributed by atoms with Gasteiger partial charge in [0.15, 0.2) is 6.10 Å².